The van der Waals surface area contributed by atoms with Crippen LogP contribution in [0.4, 0.5) is 4.39 Å². The lowest BCUT2D eigenvalue weighted by Crippen LogP contribution is -2.34. The van der Waals surface area contributed by atoms with E-state index in [1.165, 1.54) is 18.6 Å². The summed E-state index contributed by atoms with van der Waals surface area (Å²) in [5.74, 6) is 0.355. The summed E-state index contributed by atoms with van der Waals surface area (Å²) in [6.07, 6.45) is 7.63. The smallest absolute Gasteiger partial charge is 0.235 e. The van der Waals surface area contributed by atoms with Crippen molar-refractivity contribution in [2.45, 2.75) is 50.2 Å². The van der Waals surface area contributed by atoms with Gasteiger partial charge in [-0.05, 0) is 56.7 Å². The second-order valence-electron chi connectivity index (χ2n) is 5.40. The summed E-state index contributed by atoms with van der Waals surface area (Å²) in [4.78, 5) is 14.6. The molecule has 0 aromatic heterocycles. The van der Waals surface area contributed by atoms with Gasteiger partial charge in [-0.3, -0.25) is 0 Å². The minimum absolute atomic E-state index is 0.224. The van der Waals surface area contributed by atoms with Gasteiger partial charge in [0.05, 0.1) is 6.10 Å². The summed E-state index contributed by atoms with van der Waals surface area (Å²) in [5, 5.41) is 0. The fraction of sp³-hybridized carbons (Fsp3) is 0.533. The van der Waals surface area contributed by atoms with Gasteiger partial charge >= 0.3 is 0 Å². The van der Waals surface area contributed by atoms with Crippen molar-refractivity contribution in [2.24, 2.45) is 4.99 Å². The van der Waals surface area contributed by atoms with Crippen molar-refractivity contribution in [3.63, 3.8) is 0 Å². The van der Waals surface area contributed by atoms with E-state index in [1.54, 1.807) is 12.1 Å². The minimum atomic E-state index is -0.608. The third-order valence-electron chi connectivity index (χ3n) is 4.23. The van der Waals surface area contributed by atoms with Crippen molar-refractivity contribution in [3.05, 3.63) is 29.6 Å². The summed E-state index contributed by atoms with van der Waals surface area (Å²) in [5.41, 5.74) is 0.0946. The van der Waals surface area contributed by atoms with Crippen LogP contribution < -0.4 is 4.74 Å². The maximum Gasteiger partial charge on any atom is 0.235 e. The highest BCUT2D eigenvalue weighted by atomic mass is 19.1. The Morgan fingerprint density at radius 3 is 2.63 bits per heavy atom. The normalized spacial score (nSPS) is 20.9. The number of isocyanates is 1. The molecule has 0 radical (unpaired) electrons. The molecule has 4 heteroatoms. The fourth-order valence-corrected chi connectivity index (χ4v) is 2.68. The molecule has 1 aromatic rings. The van der Waals surface area contributed by atoms with Gasteiger partial charge in [0.15, 0.2) is 0 Å². The highest BCUT2D eigenvalue weighted by Gasteiger charge is 2.41. The summed E-state index contributed by atoms with van der Waals surface area (Å²) in [7, 11) is 0. The highest BCUT2D eigenvalue weighted by molar-refractivity contribution is 5.45. The third kappa shape index (κ3) is 2.17. The zero-order valence-electron chi connectivity index (χ0n) is 10.7. The molecule has 2 aliphatic carbocycles. The second kappa shape index (κ2) is 4.78. The quantitative estimate of drug-likeness (QED) is 0.615. The standard InChI is InChI=1S/C15H16FNO2/c16-11-5-6-14(19-12-3-1-4-12)13(9-11)15(17-10-18)7-2-8-15/h5-6,9,12H,1-4,7-8H2. The molecule has 100 valence electrons. The fourth-order valence-electron chi connectivity index (χ4n) is 2.68. The SMILES string of the molecule is O=C=NC1(c2cc(F)ccc2OC2CCC2)CCC1. The molecule has 2 saturated carbocycles. The number of rotatable bonds is 4. The lowest BCUT2D eigenvalue weighted by Gasteiger charge is -2.39. The van der Waals surface area contributed by atoms with Crippen LogP contribution in [-0.4, -0.2) is 12.2 Å². The van der Waals surface area contributed by atoms with E-state index in [9.17, 15) is 9.18 Å². The maximum atomic E-state index is 13.5. The molecule has 3 nitrogen and oxygen atoms in total. The molecule has 1 aromatic carbocycles. The summed E-state index contributed by atoms with van der Waals surface area (Å²) in [6, 6.07) is 4.51. The average Bonchev–Trinajstić information content (AvgIpc) is 2.30. The number of benzene rings is 1. The predicted molar refractivity (Wildman–Crippen MR) is 68.3 cm³/mol. The number of nitrogens with zero attached hydrogens (tertiary/aromatic N) is 1. The monoisotopic (exact) mass is 261 g/mol. The molecular formula is C15H16FNO2. The Morgan fingerprint density at radius 1 is 1.32 bits per heavy atom. The molecule has 2 fully saturated rings. The van der Waals surface area contributed by atoms with Crippen LogP contribution in [0.5, 0.6) is 5.75 Å². The van der Waals surface area contributed by atoms with Crippen LogP contribution in [0.1, 0.15) is 44.1 Å². The lowest BCUT2D eigenvalue weighted by atomic mass is 9.72. The van der Waals surface area contributed by atoms with Crippen molar-refractivity contribution < 1.29 is 13.9 Å². The van der Waals surface area contributed by atoms with Gasteiger partial charge in [0.1, 0.15) is 17.1 Å². The first-order chi connectivity index (χ1) is 9.23. The van der Waals surface area contributed by atoms with E-state index in [1.807, 2.05) is 0 Å². The first kappa shape index (κ1) is 12.4. The van der Waals surface area contributed by atoms with Gasteiger partial charge in [-0.1, -0.05) is 0 Å². The molecule has 0 heterocycles. The molecule has 0 aliphatic heterocycles. The van der Waals surface area contributed by atoms with E-state index >= 15 is 0 Å². The van der Waals surface area contributed by atoms with E-state index in [-0.39, 0.29) is 11.9 Å². The van der Waals surface area contributed by atoms with Gasteiger partial charge in [-0.2, -0.15) is 4.99 Å². The van der Waals surface area contributed by atoms with Crippen LogP contribution in [0.3, 0.4) is 0 Å². The van der Waals surface area contributed by atoms with Crippen LogP contribution in [0.2, 0.25) is 0 Å². The first-order valence-electron chi connectivity index (χ1n) is 6.79. The van der Waals surface area contributed by atoms with Crippen LogP contribution >= 0.6 is 0 Å². The average molecular weight is 261 g/mol. The number of hydrogen-bond acceptors (Lipinski definition) is 3. The van der Waals surface area contributed by atoms with Crippen molar-refractivity contribution >= 4 is 6.08 Å². The number of hydrogen-bond donors (Lipinski definition) is 0. The summed E-state index contributed by atoms with van der Waals surface area (Å²) >= 11 is 0. The molecule has 0 N–H and O–H groups in total. The molecule has 19 heavy (non-hydrogen) atoms. The molecule has 0 unspecified atom stereocenters. The van der Waals surface area contributed by atoms with E-state index in [4.69, 9.17) is 4.74 Å². The Kier molecular flexibility index (Phi) is 3.11. The zero-order valence-corrected chi connectivity index (χ0v) is 10.7. The van der Waals surface area contributed by atoms with Gasteiger partial charge in [-0.15, -0.1) is 0 Å². The summed E-state index contributed by atoms with van der Waals surface area (Å²) in [6.45, 7) is 0. The Balaban J connectivity index is 1.97. The van der Waals surface area contributed by atoms with Gasteiger partial charge in [0, 0.05) is 5.56 Å². The summed E-state index contributed by atoms with van der Waals surface area (Å²) < 4.78 is 19.4. The minimum Gasteiger partial charge on any atom is -0.490 e. The Morgan fingerprint density at radius 2 is 2.11 bits per heavy atom. The number of aliphatic imine (C=N–C) groups is 1. The largest absolute Gasteiger partial charge is 0.490 e. The van der Waals surface area contributed by atoms with E-state index in [0.29, 0.717) is 11.3 Å². The van der Waals surface area contributed by atoms with E-state index in [2.05, 4.69) is 4.99 Å². The van der Waals surface area contributed by atoms with Gasteiger partial charge in [0.25, 0.3) is 0 Å². The Labute approximate surface area is 111 Å². The highest BCUT2D eigenvalue weighted by Crippen LogP contribution is 2.48. The Hall–Kier alpha value is -1.67. The molecule has 0 saturated heterocycles. The number of halogens is 1. The van der Waals surface area contributed by atoms with E-state index < -0.39 is 5.54 Å². The lowest BCUT2D eigenvalue weighted by molar-refractivity contribution is 0.114. The molecule has 2 aliphatic rings. The van der Waals surface area contributed by atoms with Crippen molar-refractivity contribution in [3.8, 4) is 5.75 Å². The molecule has 0 bridgehead atoms. The van der Waals surface area contributed by atoms with Crippen LogP contribution in [0, 0.1) is 5.82 Å². The molecular weight excluding hydrogens is 245 g/mol. The molecule has 0 amide bonds. The second-order valence-corrected chi connectivity index (χ2v) is 5.40. The van der Waals surface area contributed by atoms with E-state index in [0.717, 1.165) is 32.1 Å². The topological polar surface area (TPSA) is 38.7 Å². The Bertz CT molecular complexity index is 529. The van der Waals surface area contributed by atoms with Gasteiger partial charge in [0.2, 0.25) is 6.08 Å². The molecule has 3 rings (SSSR count). The predicted octanol–water partition coefficient (Wildman–Crippen LogP) is 3.47. The van der Waals surface area contributed by atoms with Crippen molar-refractivity contribution in [1.29, 1.82) is 0 Å². The van der Waals surface area contributed by atoms with Crippen LogP contribution in [0.15, 0.2) is 23.2 Å². The van der Waals surface area contributed by atoms with Crippen LogP contribution in [0.25, 0.3) is 0 Å². The first-order valence-corrected chi connectivity index (χ1v) is 6.79. The number of carbonyl (C=O) groups excluding carboxylic acids is 1. The van der Waals surface area contributed by atoms with Gasteiger partial charge in [-0.25, -0.2) is 9.18 Å². The van der Waals surface area contributed by atoms with Crippen molar-refractivity contribution in [1.82, 2.24) is 0 Å². The van der Waals surface area contributed by atoms with Crippen LogP contribution in [-0.2, 0) is 10.3 Å². The maximum absolute atomic E-state index is 13.5. The zero-order chi connectivity index (χ0) is 13.3. The molecule has 0 spiro atoms. The third-order valence-corrected chi connectivity index (χ3v) is 4.23. The van der Waals surface area contributed by atoms with Crippen molar-refractivity contribution in [2.75, 3.05) is 0 Å². The van der Waals surface area contributed by atoms with Gasteiger partial charge < -0.3 is 4.74 Å². The number of ether oxygens (including phenoxy) is 1. The molecule has 0 atom stereocenters.